The zero-order valence-corrected chi connectivity index (χ0v) is 18.8. The molecule has 10 nitrogen and oxygen atoms in total. The number of amides is 1. The minimum Gasteiger partial charge on any atom is -0.486 e. The Labute approximate surface area is 195 Å². The minimum atomic E-state index is -4.09. The van der Waals surface area contributed by atoms with E-state index in [2.05, 4.69) is 5.32 Å². The lowest BCUT2D eigenvalue weighted by Crippen LogP contribution is -2.42. The predicted molar refractivity (Wildman–Crippen MR) is 117 cm³/mol. The Hall–Kier alpha value is -2.86. The minimum absolute atomic E-state index is 0.0739. The number of carbonyl (C=O) groups excluding carboxylic acids is 2. The van der Waals surface area contributed by atoms with Gasteiger partial charge in [0.2, 0.25) is 10.0 Å². The first-order valence-electron chi connectivity index (χ1n) is 10.1. The van der Waals surface area contributed by atoms with Crippen molar-refractivity contribution in [3.8, 4) is 11.5 Å². The summed E-state index contributed by atoms with van der Waals surface area (Å²) < 4.78 is 42.7. The van der Waals surface area contributed by atoms with Crippen LogP contribution in [0.1, 0.15) is 6.42 Å². The second-order valence-corrected chi connectivity index (χ2v) is 9.78. The molecule has 2 aromatic rings. The normalized spacial score (nSPS) is 20.3. The van der Waals surface area contributed by atoms with E-state index in [1.165, 1.54) is 24.3 Å². The summed E-state index contributed by atoms with van der Waals surface area (Å²) in [5.74, 6) is -0.501. The molecule has 1 amide bonds. The molecular formula is C21H21ClN2O8S. The fraction of sp³-hybridized carbons (Fsp3) is 0.333. The van der Waals surface area contributed by atoms with E-state index >= 15 is 0 Å². The lowest BCUT2D eigenvalue weighted by molar-refractivity contribution is -0.150. The number of aliphatic hydroxyl groups excluding tert-OH is 1. The van der Waals surface area contributed by atoms with Crippen LogP contribution in [-0.4, -0.2) is 68.2 Å². The van der Waals surface area contributed by atoms with Gasteiger partial charge in [-0.25, -0.2) is 8.42 Å². The maximum Gasteiger partial charge on any atom is 0.325 e. The van der Waals surface area contributed by atoms with Gasteiger partial charge < -0.3 is 24.6 Å². The standard InChI is InChI=1S/C21H21ClN2O8S/c22-13-1-4-16(5-2-13)33(28,29)24-11-15(25)10-17(24)21(27)32-12-20(26)23-14-3-6-18-19(9-14)31-8-7-30-18/h1-6,9,15,17,25H,7-8,10-12H2,(H,23,26)/t15-,17+/m0/s1. The summed E-state index contributed by atoms with van der Waals surface area (Å²) in [7, 11) is -4.09. The molecule has 0 saturated carbocycles. The van der Waals surface area contributed by atoms with Gasteiger partial charge in [0, 0.05) is 29.7 Å². The Balaban J connectivity index is 1.38. The highest BCUT2D eigenvalue weighted by molar-refractivity contribution is 7.89. The van der Waals surface area contributed by atoms with Gasteiger partial charge in [0.25, 0.3) is 5.91 Å². The number of nitrogens with one attached hydrogen (secondary N) is 1. The van der Waals surface area contributed by atoms with Gasteiger partial charge in [-0.05, 0) is 36.4 Å². The lowest BCUT2D eigenvalue weighted by atomic mass is 10.2. The smallest absolute Gasteiger partial charge is 0.325 e. The van der Waals surface area contributed by atoms with Crippen LogP contribution in [0.5, 0.6) is 11.5 Å². The summed E-state index contributed by atoms with van der Waals surface area (Å²) >= 11 is 5.81. The molecular weight excluding hydrogens is 476 g/mol. The van der Waals surface area contributed by atoms with Crippen molar-refractivity contribution >= 4 is 39.2 Å². The maximum atomic E-state index is 13.0. The number of nitrogens with zero attached hydrogens (tertiary/aromatic N) is 1. The molecule has 33 heavy (non-hydrogen) atoms. The predicted octanol–water partition coefficient (Wildman–Crippen LogP) is 1.42. The molecule has 0 unspecified atom stereocenters. The Kier molecular flexibility index (Phi) is 6.75. The van der Waals surface area contributed by atoms with Crippen LogP contribution in [0.3, 0.4) is 0 Å². The molecule has 2 aliphatic rings. The van der Waals surface area contributed by atoms with Gasteiger partial charge in [0.15, 0.2) is 18.1 Å². The molecule has 12 heteroatoms. The molecule has 2 N–H and O–H groups in total. The van der Waals surface area contributed by atoms with Gasteiger partial charge in [-0.3, -0.25) is 9.59 Å². The second kappa shape index (κ2) is 9.56. The number of sulfonamides is 1. The number of β-amino-alcohol motifs (C(OH)–C–C–N with tert-alkyl or cyclic N) is 1. The van der Waals surface area contributed by atoms with E-state index in [4.69, 9.17) is 25.8 Å². The lowest BCUT2D eigenvalue weighted by Gasteiger charge is -2.22. The quantitative estimate of drug-likeness (QED) is 0.574. The summed E-state index contributed by atoms with van der Waals surface area (Å²) in [6.07, 6.45) is -1.19. The van der Waals surface area contributed by atoms with Crippen molar-refractivity contribution in [1.82, 2.24) is 4.31 Å². The van der Waals surface area contributed by atoms with Crippen LogP contribution in [0.25, 0.3) is 0 Å². The molecule has 0 aliphatic carbocycles. The number of hydrogen-bond donors (Lipinski definition) is 2. The third kappa shape index (κ3) is 5.22. The van der Waals surface area contributed by atoms with Crippen molar-refractivity contribution in [2.75, 3.05) is 31.7 Å². The number of halogens is 1. The molecule has 0 radical (unpaired) electrons. The Morgan fingerprint density at radius 2 is 1.82 bits per heavy atom. The number of anilines is 1. The van der Waals surface area contributed by atoms with Gasteiger partial charge in [0.1, 0.15) is 19.3 Å². The van der Waals surface area contributed by atoms with E-state index in [0.29, 0.717) is 35.4 Å². The molecule has 2 atom stereocenters. The largest absolute Gasteiger partial charge is 0.486 e. The van der Waals surface area contributed by atoms with E-state index in [9.17, 15) is 23.1 Å². The molecule has 0 spiro atoms. The van der Waals surface area contributed by atoms with Gasteiger partial charge >= 0.3 is 5.97 Å². The SMILES string of the molecule is O=C(COC(=O)[C@H]1C[C@H](O)CN1S(=O)(=O)c1ccc(Cl)cc1)Nc1ccc2c(c1)OCCO2. The van der Waals surface area contributed by atoms with Crippen LogP contribution in [0, 0.1) is 0 Å². The molecule has 1 saturated heterocycles. The molecule has 4 rings (SSSR count). The Bertz CT molecular complexity index is 1160. The monoisotopic (exact) mass is 496 g/mol. The maximum absolute atomic E-state index is 13.0. The summed E-state index contributed by atoms with van der Waals surface area (Å²) in [5.41, 5.74) is 0.420. The number of fused-ring (bicyclic) bond motifs is 1. The highest BCUT2D eigenvalue weighted by atomic mass is 35.5. The first-order chi connectivity index (χ1) is 15.7. The number of ether oxygens (including phenoxy) is 3. The van der Waals surface area contributed by atoms with Gasteiger partial charge in [0.05, 0.1) is 11.0 Å². The average Bonchev–Trinajstić information content (AvgIpc) is 3.20. The van der Waals surface area contributed by atoms with Crippen LogP contribution in [0.2, 0.25) is 5.02 Å². The van der Waals surface area contributed by atoms with E-state index in [1.54, 1.807) is 18.2 Å². The fourth-order valence-electron chi connectivity index (χ4n) is 3.56. The summed E-state index contributed by atoms with van der Waals surface area (Å²) in [4.78, 5) is 24.8. The highest BCUT2D eigenvalue weighted by Gasteiger charge is 2.44. The summed E-state index contributed by atoms with van der Waals surface area (Å²) in [6, 6.07) is 9.03. The highest BCUT2D eigenvalue weighted by Crippen LogP contribution is 2.32. The van der Waals surface area contributed by atoms with Crippen LogP contribution < -0.4 is 14.8 Å². The first kappa shape index (κ1) is 23.3. The van der Waals surface area contributed by atoms with Crippen molar-refractivity contribution in [3.63, 3.8) is 0 Å². The van der Waals surface area contributed by atoms with Crippen LogP contribution >= 0.6 is 11.6 Å². The van der Waals surface area contributed by atoms with Crippen molar-refractivity contribution in [1.29, 1.82) is 0 Å². The molecule has 0 aromatic heterocycles. The van der Waals surface area contributed by atoms with Crippen molar-refractivity contribution in [2.24, 2.45) is 0 Å². The van der Waals surface area contributed by atoms with E-state index < -0.39 is 40.7 Å². The van der Waals surface area contributed by atoms with Crippen molar-refractivity contribution in [2.45, 2.75) is 23.5 Å². The number of esters is 1. The topological polar surface area (TPSA) is 131 Å². The van der Waals surface area contributed by atoms with Gasteiger partial charge in [-0.1, -0.05) is 11.6 Å². The van der Waals surface area contributed by atoms with Crippen molar-refractivity contribution in [3.05, 3.63) is 47.5 Å². The fourth-order valence-corrected chi connectivity index (χ4v) is 5.31. The van der Waals surface area contributed by atoms with E-state index in [-0.39, 0.29) is 17.9 Å². The summed E-state index contributed by atoms with van der Waals surface area (Å²) in [5, 5.41) is 12.9. The third-order valence-corrected chi connectivity index (χ3v) is 7.24. The average molecular weight is 497 g/mol. The van der Waals surface area contributed by atoms with Crippen LogP contribution in [-0.2, 0) is 24.3 Å². The van der Waals surface area contributed by atoms with Crippen LogP contribution in [0.4, 0.5) is 5.69 Å². The molecule has 1 fully saturated rings. The second-order valence-electron chi connectivity index (χ2n) is 7.45. The van der Waals surface area contributed by atoms with Gasteiger partial charge in [-0.2, -0.15) is 4.31 Å². The zero-order valence-electron chi connectivity index (χ0n) is 17.3. The van der Waals surface area contributed by atoms with E-state index in [1.807, 2.05) is 0 Å². The third-order valence-electron chi connectivity index (χ3n) is 5.10. The number of hydrogen-bond acceptors (Lipinski definition) is 8. The molecule has 2 heterocycles. The zero-order chi connectivity index (χ0) is 23.6. The summed E-state index contributed by atoms with van der Waals surface area (Å²) in [6.45, 7) is -0.0667. The molecule has 2 aromatic carbocycles. The molecule has 2 aliphatic heterocycles. The number of rotatable bonds is 6. The van der Waals surface area contributed by atoms with Gasteiger partial charge in [-0.15, -0.1) is 0 Å². The van der Waals surface area contributed by atoms with Crippen molar-refractivity contribution < 1.29 is 37.3 Å². The number of carbonyl (C=O) groups is 2. The molecule has 0 bridgehead atoms. The Morgan fingerprint density at radius 3 is 2.55 bits per heavy atom. The molecule has 176 valence electrons. The van der Waals surface area contributed by atoms with E-state index in [0.717, 1.165) is 4.31 Å². The Morgan fingerprint density at radius 1 is 1.12 bits per heavy atom. The van der Waals surface area contributed by atoms with Crippen LogP contribution in [0.15, 0.2) is 47.4 Å². The number of benzene rings is 2. The first-order valence-corrected chi connectivity index (χ1v) is 11.9. The number of aliphatic hydroxyl groups is 1.